The Bertz CT molecular complexity index is 284. The van der Waals surface area contributed by atoms with Crippen molar-refractivity contribution in [2.45, 2.75) is 38.9 Å². The lowest BCUT2D eigenvalue weighted by molar-refractivity contribution is -0.186. The second-order valence-corrected chi connectivity index (χ2v) is 5.27. The molecule has 0 N–H and O–H groups in total. The molecule has 0 aromatic heterocycles. The second kappa shape index (κ2) is 5.91. The highest BCUT2D eigenvalue weighted by Crippen LogP contribution is 2.24. The van der Waals surface area contributed by atoms with Crippen molar-refractivity contribution in [1.82, 2.24) is 9.80 Å². The average Bonchev–Trinajstić information content (AvgIpc) is 2.27. The van der Waals surface area contributed by atoms with Crippen molar-refractivity contribution in [3.05, 3.63) is 0 Å². The van der Waals surface area contributed by atoms with Crippen LogP contribution in [-0.4, -0.2) is 54.6 Å². The summed E-state index contributed by atoms with van der Waals surface area (Å²) < 4.78 is 36.7. The van der Waals surface area contributed by atoms with Gasteiger partial charge in [0.2, 0.25) is 0 Å². The van der Waals surface area contributed by atoms with Crippen molar-refractivity contribution in [3.63, 3.8) is 0 Å². The van der Waals surface area contributed by atoms with Gasteiger partial charge in [-0.05, 0) is 39.7 Å². The van der Waals surface area contributed by atoms with E-state index >= 15 is 0 Å². The summed E-state index contributed by atoms with van der Waals surface area (Å²) in [5, 5.41) is 0. The first-order valence-electron chi connectivity index (χ1n) is 6.28. The summed E-state index contributed by atoms with van der Waals surface area (Å²) in [6.45, 7) is 5.49. The molecule has 0 saturated carbocycles. The number of rotatable bonds is 3. The summed E-state index contributed by atoms with van der Waals surface area (Å²) in [6, 6.07) is 0.430. The molecule has 18 heavy (non-hydrogen) atoms. The van der Waals surface area contributed by atoms with Gasteiger partial charge in [-0.2, -0.15) is 13.2 Å². The first kappa shape index (κ1) is 15.3. The zero-order valence-electron chi connectivity index (χ0n) is 11.1. The second-order valence-electron chi connectivity index (χ2n) is 5.27. The molecule has 0 aromatic carbocycles. The maximum Gasteiger partial charge on any atom is 0.471 e. The van der Waals surface area contributed by atoms with Crippen LogP contribution in [0.3, 0.4) is 0 Å². The minimum absolute atomic E-state index is 0.217. The fraction of sp³-hybridized carbons (Fsp3) is 0.917. The van der Waals surface area contributed by atoms with Gasteiger partial charge >= 0.3 is 12.1 Å². The smallest absolute Gasteiger partial charge is 0.335 e. The van der Waals surface area contributed by atoms with Crippen LogP contribution in [0, 0.1) is 5.92 Å². The molecule has 1 fully saturated rings. The quantitative estimate of drug-likeness (QED) is 0.781. The van der Waals surface area contributed by atoms with E-state index in [1.165, 1.54) is 0 Å². The van der Waals surface area contributed by atoms with Crippen LogP contribution in [0.25, 0.3) is 0 Å². The molecule has 0 unspecified atom stereocenters. The van der Waals surface area contributed by atoms with Crippen LogP contribution in [0.4, 0.5) is 13.2 Å². The summed E-state index contributed by atoms with van der Waals surface area (Å²) in [7, 11) is 2.01. The Morgan fingerprint density at radius 3 is 2.22 bits per heavy atom. The summed E-state index contributed by atoms with van der Waals surface area (Å²) in [6.07, 6.45) is -3.43. The fourth-order valence-electron chi connectivity index (χ4n) is 2.12. The SMILES string of the molecule is CC(C)N(C)CC1CCN(C(=O)C(F)(F)F)CC1. The van der Waals surface area contributed by atoms with E-state index in [1.807, 2.05) is 7.05 Å². The van der Waals surface area contributed by atoms with Crippen LogP contribution in [0.15, 0.2) is 0 Å². The average molecular weight is 266 g/mol. The van der Waals surface area contributed by atoms with Crippen LogP contribution < -0.4 is 0 Å². The number of hydrogen-bond acceptors (Lipinski definition) is 2. The molecule has 0 aromatic rings. The van der Waals surface area contributed by atoms with Gasteiger partial charge in [0, 0.05) is 25.7 Å². The topological polar surface area (TPSA) is 23.6 Å². The Labute approximate surface area is 106 Å². The van der Waals surface area contributed by atoms with Gasteiger partial charge in [-0.3, -0.25) is 4.79 Å². The Hall–Kier alpha value is -0.780. The van der Waals surface area contributed by atoms with Crippen LogP contribution >= 0.6 is 0 Å². The molecule has 0 radical (unpaired) electrons. The number of hydrogen-bond donors (Lipinski definition) is 0. The van der Waals surface area contributed by atoms with Crippen molar-refractivity contribution < 1.29 is 18.0 Å². The fourth-order valence-corrected chi connectivity index (χ4v) is 2.12. The van der Waals surface area contributed by atoms with E-state index in [4.69, 9.17) is 0 Å². The number of nitrogens with zero attached hydrogens (tertiary/aromatic N) is 2. The van der Waals surface area contributed by atoms with E-state index in [2.05, 4.69) is 18.7 Å². The van der Waals surface area contributed by atoms with Gasteiger partial charge in [0.25, 0.3) is 0 Å². The Kier molecular flexibility index (Phi) is 5.01. The molecular formula is C12H21F3N2O. The monoisotopic (exact) mass is 266 g/mol. The van der Waals surface area contributed by atoms with E-state index in [0.717, 1.165) is 11.4 Å². The lowest BCUT2D eigenvalue weighted by atomic mass is 9.96. The minimum Gasteiger partial charge on any atom is -0.335 e. The van der Waals surface area contributed by atoms with Crippen LogP contribution in [-0.2, 0) is 4.79 Å². The molecule has 1 amide bonds. The van der Waals surface area contributed by atoms with E-state index in [0.29, 0.717) is 24.8 Å². The molecule has 1 saturated heterocycles. The highest BCUT2D eigenvalue weighted by Gasteiger charge is 2.43. The lowest BCUT2D eigenvalue weighted by Gasteiger charge is -2.35. The Morgan fingerprint density at radius 1 is 1.33 bits per heavy atom. The van der Waals surface area contributed by atoms with Crippen molar-refractivity contribution in [2.24, 2.45) is 5.92 Å². The maximum absolute atomic E-state index is 12.2. The summed E-state index contributed by atoms with van der Waals surface area (Å²) in [5.41, 5.74) is 0. The highest BCUT2D eigenvalue weighted by molar-refractivity contribution is 5.81. The number of halogens is 3. The lowest BCUT2D eigenvalue weighted by Crippen LogP contribution is -2.46. The third-order valence-corrected chi connectivity index (χ3v) is 3.57. The van der Waals surface area contributed by atoms with Crippen LogP contribution in [0.5, 0.6) is 0 Å². The number of alkyl halides is 3. The van der Waals surface area contributed by atoms with Crippen molar-refractivity contribution in [1.29, 1.82) is 0 Å². The number of likely N-dealkylation sites (tertiary alicyclic amines) is 1. The van der Waals surface area contributed by atoms with Crippen molar-refractivity contribution >= 4 is 5.91 Å². The van der Waals surface area contributed by atoms with Gasteiger partial charge in [0.15, 0.2) is 0 Å². The summed E-state index contributed by atoms with van der Waals surface area (Å²) >= 11 is 0. The molecule has 106 valence electrons. The molecule has 0 atom stereocenters. The van der Waals surface area contributed by atoms with E-state index in [9.17, 15) is 18.0 Å². The first-order chi connectivity index (χ1) is 8.21. The molecule has 1 rings (SSSR count). The molecule has 3 nitrogen and oxygen atoms in total. The molecule has 0 spiro atoms. The normalized spacial score (nSPS) is 18.8. The third kappa shape index (κ3) is 4.15. The van der Waals surface area contributed by atoms with Gasteiger partial charge in [0.05, 0.1) is 0 Å². The third-order valence-electron chi connectivity index (χ3n) is 3.57. The maximum atomic E-state index is 12.2. The molecule has 1 aliphatic heterocycles. The Morgan fingerprint density at radius 2 is 1.83 bits per heavy atom. The standard InChI is InChI=1S/C12H21F3N2O/c1-9(2)16(3)8-10-4-6-17(7-5-10)11(18)12(13,14)15/h9-10H,4-8H2,1-3H3. The highest BCUT2D eigenvalue weighted by atomic mass is 19.4. The van der Waals surface area contributed by atoms with Gasteiger partial charge < -0.3 is 9.80 Å². The summed E-state index contributed by atoms with van der Waals surface area (Å²) in [5.74, 6) is -1.31. The predicted molar refractivity (Wildman–Crippen MR) is 63.1 cm³/mol. The van der Waals surface area contributed by atoms with E-state index in [1.54, 1.807) is 0 Å². The number of amides is 1. The van der Waals surface area contributed by atoms with Gasteiger partial charge in [-0.1, -0.05) is 0 Å². The van der Waals surface area contributed by atoms with Crippen molar-refractivity contribution in [3.8, 4) is 0 Å². The molecule has 0 aliphatic carbocycles. The molecule has 6 heteroatoms. The zero-order chi connectivity index (χ0) is 13.9. The molecule has 1 aliphatic rings. The zero-order valence-corrected chi connectivity index (χ0v) is 11.1. The largest absolute Gasteiger partial charge is 0.471 e. The van der Waals surface area contributed by atoms with Gasteiger partial charge in [0.1, 0.15) is 0 Å². The van der Waals surface area contributed by atoms with Crippen molar-refractivity contribution in [2.75, 3.05) is 26.7 Å². The van der Waals surface area contributed by atoms with E-state index < -0.39 is 12.1 Å². The predicted octanol–water partition coefficient (Wildman–Crippen LogP) is 2.13. The number of carbonyl (C=O) groups excluding carboxylic acids is 1. The van der Waals surface area contributed by atoms with Crippen LogP contribution in [0.2, 0.25) is 0 Å². The van der Waals surface area contributed by atoms with Gasteiger partial charge in [-0.15, -0.1) is 0 Å². The number of piperidine rings is 1. The Balaban J connectivity index is 2.40. The molecular weight excluding hydrogens is 245 g/mol. The van der Waals surface area contributed by atoms with E-state index in [-0.39, 0.29) is 13.1 Å². The minimum atomic E-state index is -4.73. The van der Waals surface area contributed by atoms with Crippen LogP contribution in [0.1, 0.15) is 26.7 Å². The number of carbonyl (C=O) groups is 1. The summed E-state index contributed by atoms with van der Waals surface area (Å²) in [4.78, 5) is 14.2. The van der Waals surface area contributed by atoms with Gasteiger partial charge in [-0.25, -0.2) is 0 Å². The first-order valence-corrected chi connectivity index (χ1v) is 6.28. The molecule has 1 heterocycles. The molecule has 0 bridgehead atoms.